The average molecular weight is 595 g/mol. The Kier molecular flexibility index (Phi) is 8.48. The van der Waals surface area contributed by atoms with Crippen molar-refractivity contribution in [1.29, 1.82) is 0 Å². The number of ether oxygens (including phenoxy) is 1. The third-order valence-corrected chi connectivity index (χ3v) is 9.64. The second-order valence-corrected chi connectivity index (χ2v) is 13.2. The number of anilines is 1. The number of hydrogen-bond donors (Lipinski definition) is 0. The molecule has 8 nitrogen and oxygen atoms in total. The van der Waals surface area contributed by atoms with E-state index in [9.17, 15) is 17.6 Å². The number of amides is 1. The lowest BCUT2D eigenvalue weighted by atomic mass is 9.94. The van der Waals surface area contributed by atoms with Gasteiger partial charge in [0.25, 0.3) is 5.91 Å². The Bertz CT molecular complexity index is 1660. The van der Waals surface area contributed by atoms with Gasteiger partial charge in [0.1, 0.15) is 11.6 Å². The van der Waals surface area contributed by atoms with Crippen LogP contribution >= 0.6 is 11.3 Å². The SMILES string of the molecule is CCOc1ccc(/C=N/N(C(=O)c2ccc(S(=O)(=O)N3CC(C)CC(C)C3)cc2)c2nc3ccc(F)cc3s2)cc1. The fourth-order valence-corrected chi connectivity index (χ4v) is 7.58. The molecule has 41 heavy (non-hydrogen) atoms. The van der Waals surface area contributed by atoms with Crippen LogP contribution < -0.4 is 9.75 Å². The Morgan fingerprint density at radius 3 is 2.44 bits per heavy atom. The largest absolute Gasteiger partial charge is 0.494 e. The molecule has 3 aromatic carbocycles. The molecule has 1 amide bonds. The van der Waals surface area contributed by atoms with Gasteiger partial charge in [-0.05, 0) is 97.5 Å². The van der Waals surface area contributed by atoms with E-state index in [-0.39, 0.29) is 27.4 Å². The number of fused-ring (bicyclic) bond motifs is 1. The van der Waals surface area contributed by atoms with E-state index in [4.69, 9.17) is 4.74 Å². The van der Waals surface area contributed by atoms with Crippen molar-refractivity contribution >= 4 is 48.8 Å². The number of halogens is 1. The van der Waals surface area contributed by atoms with Crippen LogP contribution in [0.25, 0.3) is 10.2 Å². The molecule has 1 saturated heterocycles. The lowest BCUT2D eigenvalue weighted by Gasteiger charge is -2.34. The van der Waals surface area contributed by atoms with Crippen molar-refractivity contribution < 1.29 is 22.3 Å². The molecule has 0 aliphatic carbocycles. The Morgan fingerprint density at radius 1 is 1.10 bits per heavy atom. The van der Waals surface area contributed by atoms with Crippen LogP contribution in [0.4, 0.5) is 9.52 Å². The van der Waals surface area contributed by atoms with Crippen LogP contribution in [0.5, 0.6) is 5.75 Å². The number of nitrogens with zero attached hydrogens (tertiary/aromatic N) is 4. The van der Waals surface area contributed by atoms with E-state index in [1.54, 1.807) is 18.2 Å². The van der Waals surface area contributed by atoms with Gasteiger partial charge >= 0.3 is 0 Å². The van der Waals surface area contributed by atoms with Crippen molar-refractivity contribution in [2.24, 2.45) is 16.9 Å². The van der Waals surface area contributed by atoms with E-state index >= 15 is 0 Å². The van der Waals surface area contributed by atoms with Gasteiger partial charge < -0.3 is 4.74 Å². The highest BCUT2D eigenvalue weighted by atomic mass is 32.2. The fourth-order valence-electron chi connectivity index (χ4n) is 4.95. The van der Waals surface area contributed by atoms with Crippen LogP contribution in [0.2, 0.25) is 0 Å². The Labute approximate surface area is 243 Å². The molecule has 1 aliphatic rings. The van der Waals surface area contributed by atoms with Crippen molar-refractivity contribution in [2.75, 3.05) is 24.7 Å². The molecule has 214 valence electrons. The Balaban J connectivity index is 1.45. The molecule has 5 rings (SSSR count). The summed E-state index contributed by atoms with van der Waals surface area (Å²) in [6, 6.07) is 17.3. The first-order valence-corrected chi connectivity index (χ1v) is 15.7. The summed E-state index contributed by atoms with van der Waals surface area (Å²) in [7, 11) is -3.70. The number of thiazole rings is 1. The maximum atomic E-state index is 13.8. The Hall–Kier alpha value is -3.67. The molecule has 0 spiro atoms. The van der Waals surface area contributed by atoms with Crippen molar-refractivity contribution in [3.63, 3.8) is 0 Å². The molecule has 0 radical (unpaired) electrons. The topological polar surface area (TPSA) is 92.2 Å². The van der Waals surface area contributed by atoms with Crippen LogP contribution in [0.3, 0.4) is 0 Å². The van der Waals surface area contributed by atoms with Crippen LogP contribution in [0.1, 0.15) is 43.1 Å². The molecule has 11 heteroatoms. The highest BCUT2D eigenvalue weighted by Gasteiger charge is 2.32. The van der Waals surface area contributed by atoms with Gasteiger partial charge in [-0.3, -0.25) is 4.79 Å². The maximum Gasteiger partial charge on any atom is 0.280 e. The maximum absolute atomic E-state index is 13.8. The molecule has 2 heterocycles. The first-order valence-electron chi connectivity index (χ1n) is 13.4. The van der Waals surface area contributed by atoms with E-state index < -0.39 is 21.7 Å². The van der Waals surface area contributed by atoms with Gasteiger partial charge in [-0.15, -0.1) is 0 Å². The van der Waals surface area contributed by atoms with Crippen LogP contribution in [0, 0.1) is 17.7 Å². The zero-order chi connectivity index (χ0) is 29.1. The predicted molar refractivity (Wildman–Crippen MR) is 160 cm³/mol. The minimum atomic E-state index is -3.70. The quantitative estimate of drug-likeness (QED) is 0.179. The zero-order valence-electron chi connectivity index (χ0n) is 23.0. The monoisotopic (exact) mass is 594 g/mol. The number of benzene rings is 3. The number of piperidine rings is 1. The van der Waals surface area contributed by atoms with Gasteiger partial charge in [0, 0.05) is 18.7 Å². The fraction of sp³-hybridized carbons (Fsp3) is 0.300. The number of carbonyl (C=O) groups is 1. The van der Waals surface area contributed by atoms with Gasteiger partial charge in [0.15, 0.2) is 0 Å². The first kappa shape index (κ1) is 28.8. The summed E-state index contributed by atoms with van der Waals surface area (Å²) in [5.74, 6) is 0.361. The third kappa shape index (κ3) is 6.47. The summed E-state index contributed by atoms with van der Waals surface area (Å²) in [6.07, 6.45) is 2.52. The Morgan fingerprint density at radius 2 is 1.78 bits per heavy atom. The standard InChI is InChI=1S/C30H31FN4O4S2/c1-4-39-25-10-5-22(6-11-25)17-32-35(30-33-27-14-9-24(31)16-28(27)40-30)29(36)23-7-12-26(13-8-23)41(37,38)34-18-20(2)15-21(3)19-34/h5-14,16-17,20-21H,4,15,18-19H2,1-3H3/b32-17+. The summed E-state index contributed by atoms with van der Waals surface area (Å²) in [6.45, 7) is 7.50. The van der Waals surface area contributed by atoms with Crippen LogP contribution in [0.15, 0.2) is 76.7 Å². The van der Waals surface area contributed by atoms with Crippen LogP contribution in [-0.4, -0.2) is 49.5 Å². The summed E-state index contributed by atoms with van der Waals surface area (Å²) >= 11 is 1.13. The zero-order valence-corrected chi connectivity index (χ0v) is 24.7. The van der Waals surface area contributed by atoms with E-state index in [1.165, 1.54) is 46.9 Å². The molecule has 1 aliphatic heterocycles. The lowest BCUT2D eigenvalue weighted by Crippen LogP contribution is -2.42. The molecule has 0 bridgehead atoms. The summed E-state index contributed by atoms with van der Waals surface area (Å²) in [4.78, 5) is 18.4. The summed E-state index contributed by atoms with van der Waals surface area (Å²) in [5, 5.41) is 5.85. The second-order valence-electron chi connectivity index (χ2n) is 10.3. The number of sulfonamides is 1. The number of aromatic nitrogens is 1. The van der Waals surface area contributed by atoms with Crippen molar-refractivity contribution in [2.45, 2.75) is 32.1 Å². The van der Waals surface area contributed by atoms with Gasteiger partial charge in [0.2, 0.25) is 15.2 Å². The van der Waals surface area contributed by atoms with Crippen molar-refractivity contribution in [3.8, 4) is 5.75 Å². The van der Waals surface area contributed by atoms with E-state index in [0.29, 0.717) is 35.7 Å². The highest BCUT2D eigenvalue weighted by molar-refractivity contribution is 7.89. The average Bonchev–Trinajstić information content (AvgIpc) is 3.36. The van der Waals surface area contributed by atoms with Gasteiger partial charge in [0.05, 0.1) is 27.9 Å². The lowest BCUT2D eigenvalue weighted by molar-refractivity contribution is 0.0987. The molecule has 0 N–H and O–H groups in total. The van der Waals surface area contributed by atoms with Crippen molar-refractivity contribution in [1.82, 2.24) is 9.29 Å². The number of hydrazone groups is 1. The first-order chi connectivity index (χ1) is 19.6. The van der Waals surface area contributed by atoms with Crippen molar-refractivity contribution in [3.05, 3.63) is 83.7 Å². The smallest absolute Gasteiger partial charge is 0.280 e. The molecular weight excluding hydrogens is 563 g/mol. The predicted octanol–water partition coefficient (Wildman–Crippen LogP) is 6.18. The van der Waals surface area contributed by atoms with Gasteiger partial charge in [-0.25, -0.2) is 17.8 Å². The minimum absolute atomic E-state index is 0.134. The second kappa shape index (κ2) is 12.1. The van der Waals surface area contributed by atoms with E-state index in [1.807, 2.05) is 19.1 Å². The molecule has 4 aromatic rings. The normalized spacial score (nSPS) is 18.1. The molecule has 1 fully saturated rings. The summed E-state index contributed by atoms with van der Waals surface area (Å²) < 4.78 is 48.1. The third-order valence-electron chi connectivity index (χ3n) is 6.80. The minimum Gasteiger partial charge on any atom is -0.494 e. The van der Waals surface area contributed by atoms with E-state index in [0.717, 1.165) is 28.3 Å². The number of carbonyl (C=O) groups excluding carboxylic acids is 1. The molecule has 0 saturated carbocycles. The number of rotatable bonds is 8. The molecule has 1 aromatic heterocycles. The molecular formula is C30H31FN4O4S2. The molecule has 2 atom stereocenters. The highest BCUT2D eigenvalue weighted by Crippen LogP contribution is 2.31. The summed E-state index contributed by atoms with van der Waals surface area (Å²) in [5.41, 5.74) is 1.50. The molecule has 2 unspecified atom stereocenters. The number of hydrogen-bond acceptors (Lipinski definition) is 7. The van der Waals surface area contributed by atoms with Gasteiger partial charge in [-0.1, -0.05) is 25.2 Å². The van der Waals surface area contributed by atoms with Gasteiger partial charge in [-0.2, -0.15) is 14.4 Å². The van der Waals surface area contributed by atoms with Crippen LogP contribution in [-0.2, 0) is 10.0 Å². The van der Waals surface area contributed by atoms with E-state index in [2.05, 4.69) is 23.9 Å².